The Morgan fingerprint density at radius 3 is 2.63 bits per heavy atom. The third-order valence-electron chi connectivity index (χ3n) is 5.56. The zero-order valence-corrected chi connectivity index (χ0v) is 15.7. The average molecular weight is 374 g/mol. The van der Waals surface area contributed by atoms with Crippen LogP contribution in [-0.4, -0.2) is 54.8 Å². The molecule has 2 atom stereocenters. The SMILES string of the molecule is CC(OC(=O)C1CCCN(C(=O)N2CCCC2)C1)c1ccc2c(c1)OCO2. The predicted octanol–water partition coefficient (Wildman–Crippen LogP) is 2.95. The van der Waals surface area contributed by atoms with Gasteiger partial charge in [-0.15, -0.1) is 0 Å². The summed E-state index contributed by atoms with van der Waals surface area (Å²) in [5, 5.41) is 0. The Morgan fingerprint density at radius 1 is 1.07 bits per heavy atom. The molecular weight excluding hydrogens is 348 g/mol. The maximum atomic E-state index is 12.7. The number of amides is 2. The summed E-state index contributed by atoms with van der Waals surface area (Å²) in [6, 6.07) is 5.63. The molecule has 0 spiro atoms. The molecule has 0 aliphatic carbocycles. The van der Waals surface area contributed by atoms with Crippen molar-refractivity contribution in [3.8, 4) is 11.5 Å². The Balaban J connectivity index is 1.35. The molecule has 3 aliphatic heterocycles. The molecule has 146 valence electrons. The number of hydrogen-bond donors (Lipinski definition) is 0. The largest absolute Gasteiger partial charge is 0.458 e. The zero-order valence-electron chi connectivity index (χ0n) is 15.7. The lowest BCUT2D eigenvalue weighted by Gasteiger charge is -2.34. The van der Waals surface area contributed by atoms with Crippen LogP contribution in [0, 0.1) is 5.92 Å². The van der Waals surface area contributed by atoms with Gasteiger partial charge in [0.25, 0.3) is 0 Å². The van der Waals surface area contributed by atoms with E-state index in [4.69, 9.17) is 14.2 Å². The van der Waals surface area contributed by atoms with Crippen LogP contribution in [0.25, 0.3) is 0 Å². The first-order valence-corrected chi connectivity index (χ1v) is 9.76. The van der Waals surface area contributed by atoms with E-state index >= 15 is 0 Å². The normalized spacial score (nSPS) is 22.6. The maximum Gasteiger partial charge on any atom is 0.320 e. The van der Waals surface area contributed by atoms with E-state index in [-0.39, 0.29) is 30.8 Å². The van der Waals surface area contributed by atoms with Gasteiger partial charge in [-0.1, -0.05) is 6.07 Å². The van der Waals surface area contributed by atoms with Gasteiger partial charge in [0, 0.05) is 26.2 Å². The highest BCUT2D eigenvalue weighted by Gasteiger charge is 2.33. The van der Waals surface area contributed by atoms with Crippen molar-refractivity contribution < 1.29 is 23.8 Å². The second-order valence-corrected chi connectivity index (χ2v) is 7.45. The van der Waals surface area contributed by atoms with Gasteiger partial charge >= 0.3 is 12.0 Å². The number of esters is 1. The van der Waals surface area contributed by atoms with Crippen LogP contribution < -0.4 is 9.47 Å². The lowest BCUT2D eigenvalue weighted by Crippen LogP contribution is -2.48. The van der Waals surface area contributed by atoms with Gasteiger partial charge in [-0.2, -0.15) is 0 Å². The molecule has 27 heavy (non-hydrogen) atoms. The van der Waals surface area contributed by atoms with Crippen LogP contribution in [0.3, 0.4) is 0 Å². The fourth-order valence-corrected chi connectivity index (χ4v) is 3.96. The van der Waals surface area contributed by atoms with E-state index in [9.17, 15) is 9.59 Å². The van der Waals surface area contributed by atoms with Crippen LogP contribution in [0.4, 0.5) is 4.79 Å². The minimum Gasteiger partial charge on any atom is -0.458 e. The number of fused-ring (bicyclic) bond motifs is 1. The third-order valence-corrected chi connectivity index (χ3v) is 5.56. The van der Waals surface area contributed by atoms with Crippen molar-refractivity contribution in [1.82, 2.24) is 9.80 Å². The summed E-state index contributed by atoms with van der Waals surface area (Å²) >= 11 is 0. The van der Waals surface area contributed by atoms with Gasteiger partial charge in [0.1, 0.15) is 6.10 Å². The Bertz CT molecular complexity index is 716. The Hall–Kier alpha value is -2.44. The summed E-state index contributed by atoms with van der Waals surface area (Å²) in [6.45, 7) is 4.89. The second-order valence-electron chi connectivity index (χ2n) is 7.45. The highest BCUT2D eigenvalue weighted by molar-refractivity contribution is 5.77. The van der Waals surface area contributed by atoms with Crippen molar-refractivity contribution in [2.45, 2.75) is 38.7 Å². The number of carbonyl (C=O) groups excluding carboxylic acids is 2. The van der Waals surface area contributed by atoms with Crippen molar-refractivity contribution in [2.75, 3.05) is 33.0 Å². The monoisotopic (exact) mass is 374 g/mol. The van der Waals surface area contributed by atoms with E-state index in [1.165, 1.54) is 0 Å². The standard InChI is InChI=1S/C20H26N2O5/c1-14(15-6-7-17-18(11-15)26-13-25-17)27-19(23)16-5-4-10-22(12-16)20(24)21-8-2-3-9-21/h6-7,11,14,16H,2-5,8-10,12-13H2,1H3. The minimum absolute atomic E-state index is 0.0637. The number of urea groups is 1. The number of rotatable bonds is 3. The van der Waals surface area contributed by atoms with Crippen molar-refractivity contribution in [2.24, 2.45) is 5.92 Å². The topological polar surface area (TPSA) is 68.3 Å². The molecular formula is C20H26N2O5. The van der Waals surface area contributed by atoms with Gasteiger partial charge in [0.05, 0.1) is 5.92 Å². The maximum absolute atomic E-state index is 12.7. The number of nitrogens with zero attached hydrogens (tertiary/aromatic N) is 2. The van der Waals surface area contributed by atoms with E-state index in [1.807, 2.05) is 34.9 Å². The quantitative estimate of drug-likeness (QED) is 0.761. The smallest absolute Gasteiger partial charge is 0.320 e. The molecule has 2 saturated heterocycles. The van der Waals surface area contributed by atoms with Crippen LogP contribution in [0.1, 0.15) is 44.3 Å². The van der Waals surface area contributed by atoms with E-state index < -0.39 is 0 Å². The summed E-state index contributed by atoms with van der Waals surface area (Å²) in [7, 11) is 0. The van der Waals surface area contributed by atoms with Crippen LogP contribution >= 0.6 is 0 Å². The van der Waals surface area contributed by atoms with Crippen molar-refractivity contribution in [3.05, 3.63) is 23.8 Å². The molecule has 2 fully saturated rings. The Kier molecular flexibility index (Phi) is 5.09. The predicted molar refractivity (Wildman–Crippen MR) is 97.6 cm³/mol. The summed E-state index contributed by atoms with van der Waals surface area (Å²) in [4.78, 5) is 29.0. The molecule has 0 aromatic heterocycles. The summed E-state index contributed by atoms with van der Waals surface area (Å²) in [6.07, 6.45) is 3.35. The molecule has 0 bridgehead atoms. The first-order chi connectivity index (χ1) is 13.1. The molecule has 7 heteroatoms. The van der Waals surface area contributed by atoms with Crippen LogP contribution in [0.15, 0.2) is 18.2 Å². The van der Waals surface area contributed by atoms with E-state index in [0.717, 1.165) is 50.9 Å². The molecule has 3 heterocycles. The van der Waals surface area contributed by atoms with Crippen molar-refractivity contribution >= 4 is 12.0 Å². The molecule has 1 aromatic carbocycles. The number of likely N-dealkylation sites (tertiary alicyclic amines) is 2. The summed E-state index contributed by atoms with van der Waals surface area (Å²) < 4.78 is 16.4. The summed E-state index contributed by atoms with van der Waals surface area (Å²) in [5.41, 5.74) is 0.869. The van der Waals surface area contributed by atoms with E-state index in [0.29, 0.717) is 18.0 Å². The second kappa shape index (κ2) is 7.66. The Labute approximate surface area is 159 Å². The molecule has 0 radical (unpaired) electrons. The van der Waals surface area contributed by atoms with Crippen molar-refractivity contribution in [3.63, 3.8) is 0 Å². The van der Waals surface area contributed by atoms with Crippen LogP contribution in [0.5, 0.6) is 11.5 Å². The molecule has 0 saturated carbocycles. The number of piperidine rings is 1. The van der Waals surface area contributed by atoms with Gasteiger partial charge in [-0.3, -0.25) is 4.79 Å². The lowest BCUT2D eigenvalue weighted by atomic mass is 9.98. The Morgan fingerprint density at radius 2 is 1.81 bits per heavy atom. The first-order valence-electron chi connectivity index (χ1n) is 9.76. The molecule has 2 unspecified atom stereocenters. The molecule has 4 rings (SSSR count). The number of carbonyl (C=O) groups is 2. The highest BCUT2D eigenvalue weighted by Crippen LogP contribution is 2.35. The number of ether oxygens (including phenoxy) is 3. The fourth-order valence-electron chi connectivity index (χ4n) is 3.96. The molecule has 7 nitrogen and oxygen atoms in total. The highest BCUT2D eigenvalue weighted by atomic mass is 16.7. The molecule has 1 aromatic rings. The van der Waals surface area contributed by atoms with Crippen LogP contribution in [-0.2, 0) is 9.53 Å². The summed E-state index contributed by atoms with van der Waals surface area (Å²) in [5.74, 6) is 0.886. The fraction of sp³-hybridized carbons (Fsp3) is 0.600. The molecule has 3 aliphatic rings. The zero-order chi connectivity index (χ0) is 18.8. The van der Waals surface area contributed by atoms with Crippen molar-refractivity contribution in [1.29, 1.82) is 0 Å². The minimum atomic E-state index is -0.378. The first kappa shape index (κ1) is 17.9. The third kappa shape index (κ3) is 3.82. The van der Waals surface area contributed by atoms with Gasteiger partial charge in [-0.25, -0.2) is 4.79 Å². The van der Waals surface area contributed by atoms with Gasteiger partial charge in [-0.05, 0) is 50.3 Å². The molecule has 0 N–H and O–H groups in total. The number of benzene rings is 1. The van der Waals surface area contributed by atoms with Gasteiger partial charge < -0.3 is 24.0 Å². The van der Waals surface area contributed by atoms with Gasteiger partial charge in [0.2, 0.25) is 6.79 Å². The molecule has 2 amide bonds. The van der Waals surface area contributed by atoms with Crippen LogP contribution in [0.2, 0.25) is 0 Å². The van der Waals surface area contributed by atoms with E-state index in [1.54, 1.807) is 0 Å². The van der Waals surface area contributed by atoms with E-state index in [2.05, 4.69) is 0 Å². The van der Waals surface area contributed by atoms with Gasteiger partial charge in [0.15, 0.2) is 11.5 Å². The average Bonchev–Trinajstić information content (AvgIpc) is 3.38. The lowest BCUT2D eigenvalue weighted by molar-refractivity contribution is -0.155. The number of hydrogen-bond acceptors (Lipinski definition) is 5.